The zero-order chi connectivity index (χ0) is 14.8. The molecular formula is C11H15N5O3S. The monoisotopic (exact) mass is 297 g/mol. The van der Waals surface area contributed by atoms with E-state index in [0.29, 0.717) is 17.2 Å². The average molecular weight is 297 g/mol. The van der Waals surface area contributed by atoms with Crippen LogP contribution in [-0.4, -0.2) is 33.7 Å². The molecular weight excluding hydrogens is 282 g/mol. The summed E-state index contributed by atoms with van der Waals surface area (Å²) in [6.45, 7) is 2.89. The quantitative estimate of drug-likeness (QED) is 0.702. The lowest BCUT2D eigenvalue weighted by molar-refractivity contribution is 0.273. The summed E-state index contributed by atoms with van der Waals surface area (Å²) in [6, 6.07) is 1.63. The van der Waals surface area contributed by atoms with Crippen molar-refractivity contribution in [2.45, 2.75) is 31.9 Å². The third kappa shape index (κ3) is 3.00. The van der Waals surface area contributed by atoms with E-state index in [-0.39, 0.29) is 17.1 Å². The maximum absolute atomic E-state index is 12.2. The number of aryl methyl sites for hydroxylation is 2. The fourth-order valence-electron chi connectivity index (χ4n) is 1.78. The minimum Gasteiger partial charge on any atom is -0.390 e. The molecule has 0 bridgehead atoms. The number of nitrogens with one attached hydrogen (secondary N) is 2. The van der Waals surface area contributed by atoms with Crippen LogP contribution in [0.4, 0.5) is 0 Å². The second-order valence-electron chi connectivity index (χ2n) is 4.20. The number of hydrogen-bond acceptors (Lipinski definition) is 6. The van der Waals surface area contributed by atoms with Crippen LogP contribution in [0.25, 0.3) is 0 Å². The second kappa shape index (κ2) is 5.65. The minimum absolute atomic E-state index is 0.0224. The van der Waals surface area contributed by atoms with Crippen molar-refractivity contribution in [3.63, 3.8) is 0 Å². The smallest absolute Gasteiger partial charge is 0.244 e. The van der Waals surface area contributed by atoms with Crippen molar-refractivity contribution < 1.29 is 13.5 Å². The first kappa shape index (κ1) is 14.6. The molecule has 20 heavy (non-hydrogen) atoms. The summed E-state index contributed by atoms with van der Waals surface area (Å²) in [5.74, 6) is 0.567. The first-order chi connectivity index (χ1) is 9.44. The van der Waals surface area contributed by atoms with Crippen LogP contribution in [0.3, 0.4) is 0 Å². The Morgan fingerprint density at radius 1 is 1.40 bits per heavy atom. The Morgan fingerprint density at radius 3 is 2.80 bits per heavy atom. The molecule has 0 aliphatic rings. The lowest BCUT2D eigenvalue weighted by Gasteiger charge is -2.07. The summed E-state index contributed by atoms with van der Waals surface area (Å²) < 4.78 is 26.9. The standard InChI is InChI=1S/C11H15N5O3S/c1-7-11(10(6-17)16-15-7)20(18,19)13-5-9-3-4-12-8(2)14-9/h3-4,13,17H,5-6H2,1-2H3,(H,15,16). The van der Waals surface area contributed by atoms with Gasteiger partial charge in [-0.15, -0.1) is 0 Å². The molecule has 0 aliphatic carbocycles. The van der Waals surface area contributed by atoms with Crippen molar-refractivity contribution >= 4 is 10.0 Å². The van der Waals surface area contributed by atoms with Gasteiger partial charge in [0, 0.05) is 6.20 Å². The Bertz CT molecular complexity index is 711. The molecule has 0 spiro atoms. The molecule has 0 saturated carbocycles. The third-order valence-electron chi connectivity index (χ3n) is 2.66. The topological polar surface area (TPSA) is 121 Å². The van der Waals surface area contributed by atoms with Crippen LogP contribution >= 0.6 is 0 Å². The van der Waals surface area contributed by atoms with Gasteiger partial charge in [0.25, 0.3) is 0 Å². The molecule has 2 aromatic heterocycles. The summed E-state index contributed by atoms with van der Waals surface area (Å²) in [5, 5.41) is 15.4. The number of H-pyrrole nitrogens is 1. The number of aromatic nitrogens is 4. The van der Waals surface area contributed by atoms with Gasteiger partial charge in [-0.05, 0) is 19.9 Å². The fraction of sp³-hybridized carbons (Fsp3) is 0.364. The normalized spacial score (nSPS) is 11.8. The van der Waals surface area contributed by atoms with Gasteiger partial charge in [0.15, 0.2) is 0 Å². The van der Waals surface area contributed by atoms with Gasteiger partial charge in [-0.1, -0.05) is 0 Å². The highest BCUT2D eigenvalue weighted by atomic mass is 32.2. The number of nitrogens with zero attached hydrogens (tertiary/aromatic N) is 3. The number of hydrogen-bond donors (Lipinski definition) is 3. The van der Waals surface area contributed by atoms with Crippen molar-refractivity contribution in [1.82, 2.24) is 24.9 Å². The Balaban J connectivity index is 2.21. The fourth-order valence-corrected chi connectivity index (χ4v) is 3.13. The van der Waals surface area contributed by atoms with E-state index in [1.54, 1.807) is 26.1 Å². The Morgan fingerprint density at radius 2 is 2.15 bits per heavy atom. The summed E-state index contributed by atoms with van der Waals surface area (Å²) >= 11 is 0. The summed E-state index contributed by atoms with van der Waals surface area (Å²) in [5.41, 5.74) is 1.03. The molecule has 2 aromatic rings. The van der Waals surface area contributed by atoms with E-state index in [9.17, 15) is 8.42 Å². The van der Waals surface area contributed by atoms with Crippen LogP contribution in [0.2, 0.25) is 0 Å². The molecule has 2 heterocycles. The molecule has 0 atom stereocenters. The van der Waals surface area contributed by atoms with E-state index in [2.05, 4.69) is 24.9 Å². The van der Waals surface area contributed by atoms with Crippen molar-refractivity contribution in [1.29, 1.82) is 0 Å². The summed E-state index contributed by atoms with van der Waals surface area (Å²) in [7, 11) is -3.77. The van der Waals surface area contributed by atoms with Gasteiger partial charge in [0.05, 0.1) is 24.5 Å². The number of aliphatic hydroxyl groups excluding tert-OH is 1. The van der Waals surface area contributed by atoms with Crippen molar-refractivity contribution in [2.24, 2.45) is 0 Å². The van der Waals surface area contributed by atoms with Crippen LogP contribution in [0, 0.1) is 13.8 Å². The molecule has 0 fully saturated rings. The number of aromatic amines is 1. The van der Waals surface area contributed by atoms with Crippen molar-refractivity contribution in [3.05, 3.63) is 35.2 Å². The Labute approximate surface area is 116 Å². The van der Waals surface area contributed by atoms with Gasteiger partial charge < -0.3 is 5.11 Å². The van der Waals surface area contributed by atoms with Gasteiger partial charge in [-0.3, -0.25) is 5.10 Å². The predicted molar refractivity (Wildman–Crippen MR) is 70.0 cm³/mol. The van der Waals surface area contributed by atoms with Crippen LogP contribution in [-0.2, 0) is 23.2 Å². The first-order valence-corrected chi connectivity index (χ1v) is 7.35. The number of sulfonamides is 1. The maximum Gasteiger partial charge on any atom is 0.244 e. The van der Waals surface area contributed by atoms with E-state index >= 15 is 0 Å². The largest absolute Gasteiger partial charge is 0.390 e. The Kier molecular flexibility index (Phi) is 4.12. The maximum atomic E-state index is 12.2. The zero-order valence-electron chi connectivity index (χ0n) is 11.1. The van der Waals surface area contributed by atoms with Gasteiger partial charge in [0.2, 0.25) is 10.0 Å². The van der Waals surface area contributed by atoms with Gasteiger partial charge >= 0.3 is 0 Å². The van der Waals surface area contributed by atoms with Crippen LogP contribution in [0.1, 0.15) is 22.9 Å². The van der Waals surface area contributed by atoms with E-state index in [0.717, 1.165) is 0 Å². The van der Waals surface area contributed by atoms with E-state index in [1.807, 2.05) is 0 Å². The molecule has 0 aromatic carbocycles. The highest BCUT2D eigenvalue weighted by Gasteiger charge is 2.23. The van der Waals surface area contributed by atoms with Gasteiger partial charge in [0.1, 0.15) is 16.4 Å². The highest BCUT2D eigenvalue weighted by Crippen LogP contribution is 2.17. The molecule has 3 N–H and O–H groups in total. The third-order valence-corrected chi connectivity index (χ3v) is 4.26. The van der Waals surface area contributed by atoms with Crippen molar-refractivity contribution in [3.8, 4) is 0 Å². The number of rotatable bonds is 5. The molecule has 0 saturated heterocycles. The molecule has 0 amide bonds. The first-order valence-electron chi connectivity index (χ1n) is 5.87. The summed E-state index contributed by atoms with van der Waals surface area (Å²) in [4.78, 5) is 8.03. The molecule has 0 unspecified atom stereocenters. The minimum atomic E-state index is -3.77. The van der Waals surface area contributed by atoms with Crippen LogP contribution in [0.15, 0.2) is 17.2 Å². The molecule has 2 rings (SSSR count). The van der Waals surface area contributed by atoms with E-state index in [1.165, 1.54) is 0 Å². The summed E-state index contributed by atoms with van der Waals surface area (Å²) in [6.07, 6.45) is 1.56. The lowest BCUT2D eigenvalue weighted by atomic mass is 10.4. The lowest BCUT2D eigenvalue weighted by Crippen LogP contribution is -2.25. The van der Waals surface area contributed by atoms with Gasteiger partial charge in [-0.25, -0.2) is 23.1 Å². The predicted octanol–water partition coefficient (Wildman–Crippen LogP) is -0.213. The molecule has 108 valence electrons. The molecule has 8 nitrogen and oxygen atoms in total. The van der Waals surface area contributed by atoms with Crippen LogP contribution < -0.4 is 4.72 Å². The highest BCUT2D eigenvalue weighted by molar-refractivity contribution is 7.89. The zero-order valence-corrected chi connectivity index (χ0v) is 11.9. The van der Waals surface area contributed by atoms with E-state index in [4.69, 9.17) is 5.11 Å². The number of aliphatic hydroxyl groups is 1. The molecule has 0 radical (unpaired) electrons. The SMILES string of the molecule is Cc1nccc(CNS(=O)(=O)c2c(CO)n[nH]c2C)n1. The molecule has 9 heteroatoms. The van der Waals surface area contributed by atoms with Crippen molar-refractivity contribution in [2.75, 3.05) is 0 Å². The average Bonchev–Trinajstić information content (AvgIpc) is 2.78. The molecule has 0 aliphatic heterocycles. The Hall–Kier alpha value is -1.84. The van der Waals surface area contributed by atoms with Crippen LogP contribution in [0.5, 0.6) is 0 Å². The van der Waals surface area contributed by atoms with E-state index < -0.39 is 16.6 Å². The second-order valence-corrected chi connectivity index (χ2v) is 5.91. The van der Waals surface area contributed by atoms with Gasteiger partial charge in [-0.2, -0.15) is 5.10 Å².